The van der Waals surface area contributed by atoms with Gasteiger partial charge in [0, 0.05) is 13.1 Å². The summed E-state index contributed by atoms with van der Waals surface area (Å²) in [5.74, 6) is 0.0301. The van der Waals surface area contributed by atoms with Crippen LogP contribution in [0.4, 0.5) is 0 Å². The lowest BCUT2D eigenvalue weighted by molar-refractivity contribution is -0.149. The Kier molecular flexibility index (Phi) is 5.88. The van der Waals surface area contributed by atoms with Gasteiger partial charge in [-0.3, -0.25) is 9.59 Å². The molecule has 2 heterocycles. The number of carbonyl (C=O) groups is 2. The van der Waals surface area contributed by atoms with Crippen LogP contribution < -0.4 is 5.32 Å². The van der Waals surface area contributed by atoms with E-state index in [2.05, 4.69) is 5.32 Å². The number of hydrogen-bond acceptors (Lipinski definition) is 4. The molecular formula is C12H21ClN2O3. The van der Waals surface area contributed by atoms with Crippen molar-refractivity contribution in [2.45, 2.75) is 31.7 Å². The Morgan fingerprint density at radius 2 is 1.89 bits per heavy atom. The van der Waals surface area contributed by atoms with E-state index in [-0.39, 0.29) is 36.2 Å². The number of likely N-dealkylation sites (tertiary alicyclic amines) is 1. The van der Waals surface area contributed by atoms with Crippen molar-refractivity contribution in [3.8, 4) is 0 Å². The molecule has 0 aromatic carbocycles. The summed E-state index contributed by atoms with van der Waals surface area (Å²) in [4.78, 5) is 25.3. The highest BCUT2D eigenvalue weighted by Crippen LogP contribution is 2.20. The molecule has 1 unspecified atom stereocenters. The van der Waals surface area contributed by atoms with Crippen molar-refractivity contribution < 1.29 is 14.3 Å². The lowest BCUT2D eigenvalue weighted by Gasteiger charge is -2.32. The Morgan fingerprint density at radius 1 is 1.22 bits per heavy atom. The number of halogens is 1. The van der Waals surface area contributed by atoms with Gasteiger partial charge in [0.1, 0.15) is 0 Å². The summed E-state index contributed by atoms with van der Waals surface area (Å²) in [5.41, 5.74) is 0. The second-order valence-electron chi connectivity index (χ2n) is 4.77. The van der Waals surface area contributed by atoms with Crippen molar-refractivity contribution in [3.63, 3.8) is 0 Å². The minimum Gasteiger partial charge on any atom is -0.469 e. The Hall–Kier alpha value is -0.810. The van der Waals surface area contributed by atoms with E-state index in [0.29, 0.717) is 13.1 Å². The molecule has 2 aliphatic rings. The van der Waals surface area contributed by atoms with Gasteiger partial charge in [-0.2, -0.15) is 0 Å². The lowest BCUT2D eigenvalue weighted by atomic mass is 9.96. The van der Waals surface area contributed by atoms with Crippen LogP contribution in [0.25, 0.3) is 0 Å². The van der Waals surface area contributed by atoms with Gasteiger partial charge in [0.2, 0.25) is 5.91 Å². The van der Waals surface area contributed by atoms with Gasteiger partial charge in [-0.05, 0) is 32.2 Å². The zero-order valence-corrected chi connectivity index (χ0v) is 11.5. The van der Waals surface area contributed by atoms with E-state index in [0.717, 1.165) is 32.2 Å². The van der Waals surface area contributed by atoms with E-state index in [4.69, 9.17) is 4.74 Å². The van der Waals surface area contributed by atoms with Crippen LogP contribution >= 0.6 is 12.4 Å². The van der Waals surface area contributed by atoms with Crippen LogP contribution in [0.15, 0.2) is 0 Å². The van der Waals surface area contributed by atoms with Crippen LogP contribution in [0.5, 0.6) is 0 Å². The second kappa shape index (κ2) is 6.95. The molecule has 2 fully saturated rings. The molecule has 104 valence electrons. The molecule has 18 heavy (non-hydrogen) atoms. The summed E-state index contributed by atoms with van der Waals surface area (Å²) in [6, 6.07) is 0.00433. The number of ether oxygens (including phenoxy) is 1. The minimum absolute atomic E-state index is 0. The van der Waals surface area contributed by atoms with Crippen LogP contribution in [0.3, 0.4) is 0 Å². The standard InChI is InChI=1S/C12H20N2O3.ClH/c1-17-12(16)9-4-7-14(8-5-9)11(15)10-3-2-6-13-10;/h9-10,13H,2-8H2,1H3;1H. The molecule has 5 nitrogen and oxygen atoms in total. The monoisotopic (exact) mass is 276 g/mol. The maximum atomic E-state index is 12.1. The first-order valence-electron chi connectivity index (χ1n) is 6.32. The SMILES string of the molecule is COC(=O)C1CCN(C(=O)C2CCCN2)CC1.Cl. The highest BCUT2D eigenvalue weighted by molar-refractivity contribution is 5.85. The zero-order valence-electron chi connectivity index (χ0n) is 10.7. The number of amides is 1. The van der Waals surface area contributed by atoms with Gasteiger partial charge in [0.25, 0.3) is 0 Å². The highest BCUT2D eigenvalue weighted by Gasteiger charge is 2.32. The zero-order chi connectivity index (χ0) is 12.3. The first-order chi connectivity index (χ1) is 8.22. The molecule has 2 aliphatic heterocycles. The molecule has 1 N–H and O–H groups in total. The summed E-state index contributed by atoms with van der Waals surface area (Å²) < 4.78 is 4.73. The van der Waals surface area contributed by atoms with Crippen molar-refractivity contribution in [1.29, 1.82) is 0 Å². The van der Waals surface area contributed by atoms with Gasteiger partial charge in [-0.1, -0.05) is 0 Å². The number of rotatable bonds is 2. The van der Waals surface area contributed by atoms with Crippen LogP contribution in [0.2, 0.25) is 0 Å². The number of nitrogens with one attached hydrogen (secondary N) is 1. The third-order valence-corrected chi connectivity index (χ3v) is 3.70. The Bertz CT molecular complexity index is 298. The smallest absolute Gasteiger partial charge is 0.308 e. The summed E-state index contributed by atoms with van der Waals surface area (Å²) in [5, 5.41) is 3.22. The molecule has 0 saturated carbocycles. The van der Waals surface area contributed by atoms with E-state index in [1.165, 1.54) is 7.11 Å². The molecule has 6 heteroatoms. The fourth-order valence-corrected chi connectivity index (χ4v) is 2.62. The quantitative estimate of drug-likeness (QED) is 0.750. The van der Waals surface area contributed by atoms with E-state index >= 15 is 0 Å². The minimum atomic E-state index is -0.143. The van der Waals surface area contributed by atoms with E-state index in [9.17, 15) is 9.59 Å². The number of methoxy groups -OCH3 is 1. The molecule has 1 atom stereocenters. The predicted molar refractivity (Wildman–Crippen MR) is 69.6 cm³/mol. The maximum absolute atomic E-state index is 12.1. The number of carbonyl (C=O) groups excluding carboxylic acids is 2. The molecule has 2 rings (SSSR count). The Morgan fingerprint density at radius 3 is 2.39 bits per heavy atom. The van der Waals surface area contributed by atoms with Crippen LogP contribution in [0, 0.1) is 5.92 Å². The molecule has 0 radical (unpaired) electrons. The summed E-state index contributed by atoms with van der Waals surface area (Å²) >= 11 is 0. The highest BCUT2D eigenvalue weighted by atomic mass is 35.5. The first-order valence-corrected chi connectivity index (χ1v) is 6.32. The Balaban J connectivity index is 0.00000162. The normalized spacial score (nSPS) is 24.5. The average Bonchev–Trinajstić information content (AvgIpc) is 2.91. The Labute approximate surface area is 114 Å². The third-order valence-electron chi connectivity index (χ3n) is 3.70. The fraction of sp³-hybridized carbons (Fsp3) is 0.833. The van der Waals surface area contributed by atoms with Crippen LogP contribution in [-0.4, -0.2) is 49.6 Å². The van der Waals surface area contributed by atoms with Crippen molar-refractivity contribution in [1.82, 2.24) is 10.2 Å². The van der Waals surface area contributed by atoms with Gasteiger partial charge in [-0.15, -0.1) is 12.4 Å². The molecule has 2 saturated heterocycles. The number of nitrogens with zero attached hydrogens (tertiary/aromatic N) is 1. The number of esters is 1. The molecule has 0 aromatic heterocycles. The fourth-order valence-electron chi connectivity index (χ4n) is 2.62. The molecular weight excluding hydrogens is 256 g/mol. The predicted octanol–water partition coefficient (Wildman–Crippen LogP) is 0.572. The van der Waals surface area contributed by atoms with Gasteiger partial charge in [0.05, 0.1) is 19.1 Å². The lowest BCUT2D eigenvalue weighted by Crippen LogP contribution is -2.47. The largest absolute Gasteiger partial charge is 0.469 e. The van der Waals surface area contributed by atoms with Crippen LogP contribution in [-0.2, 0) is 14.3 Å². The first kappa shape index (κ1) is 15.2. The van der Waals surface area contributed by atoms with E-state index in [1.54, 1.807) is 0 Å². The summed E-state index contributed by atoms with van der Waals surface area (Å²) in [6.45, 7) is 2.29. The van der Waals surface area contributed by atoms with Crippen molar-refractivity contribution in [3.05, 3.63) is 0 Å². The van der Waals surface area contributed by atoms with E-state index < -0.39 is 0 Å². The number of piperidine rings is 1. The molecule has 0 bridgehead atoms. The second-order valence-corrected chi connectivity index (χ2v) is 4.77. The number of hydrogen-bond donors (Lipinski definition) is 1. The summed E-state index contributed by atoms with van der Waals surface area (Å²) in [6.07, 6.45) is 3.47. The van der Waals surface area contributed by atoms with E-state index in [1.807, 2.05) is 4.90 Å². The van der Waals surface area contributed by atoms with Gasteiger partial charge < -0.3 is 15.0 Å². The molecule has 1 amide bonds. The average molecular weight is 277 g/mol. The van der Waals surface area contributed by atoms with Crippen LogP contribution in [0.1, 0.15) is 25.7 Å². The third kappa shape index (κ3) is 3.36. The van der Waals surface area contributed by atoms with Crippen molar-refractivity contribution in [2.75, 3.05) is 26.7 Å². The van der Waals surface area contributed by atoms with Gasteiger partial charge in [0.15, 0.2) is 0 Å². The molecule has 0 spiro atoms. The molecule has 0 aliphatic carbocycles. The van der Waals surface area contributed by atoms with Gasteiger partial charge in [-0.25, -0.2) is 0 Å². The topological polar surface area (TPSA) is 58.6 Å². The van der Waals surface area contributed by atoms with Crippen molar-refractivity contribution in [2.24, 2.45) is 5.92 Å². The van der Waals surface area contributed by atoms with Gasteiger partial charge >= 0.3 is 5.97 Å². The summed E-state index contributed by atoms with van der Waals surface area (Å²) in [7, 11) is 1.42. The van der Waals surface area contributed by atoms with Crippen molar-refractivity contribution >= 4 is 24.3 Å². The molecule has 0 aromatic rings. The maximum Gasteiger partial charge on any atom is 0.308 e.